The summed E-state index contributed by atoms with van der Waals surface area (Å²) in [5.74, 6) is 0.388. The van der Waals surface area contributed by atoms with Gasteiger partial charge in [0.25, 0.3) is 5.91 Å². The molecule has 2 aromatic carbocycles. The molecule has 0 spiro atoms. The van der Waals surface area contributed by atoms with Crippen LogP contribution >= 0.6 is 23.2 Å². The Morgan fingerprint density at radius 1 is 1.13 bits per heavy atom. The Morgan fingerprint density at radius 3 is 2.67 bits per heavy atom. The molecule has 3 saturated heterocycles. The van der Waals surface area contributed by atoms with E-state index in [0.29, 0.717) is 50.3 Å². The number of anilines is 1. The molecule has 0 radical (unpaired) electrons. The van der Waals surface area contributed by atoms with E-state index in [4.69, 9.17) is 42.6 Å². The van der Waals surface area contributed by atoms with Crippen molar-refractivity contribution in [3.63, 3.8) is 0 Å². The zero-order valence-electron chi connectivity index (χ0n) is 25.2. The second-order valence-electron chi connectivity index (χ2n) is 12.5. The first-order chi connectivity index (χ1) is 21.9. The minimum Gasteiger partial charge on any atom is -0.461 e. The van der Waals surface area contributed by atoms with E-state index in [9.17, 15) is 10.1 Å². The van der Waals surface area contributed by atoms with Crippen LogP contribution in [-0.4, -0.2) is 76.6 Å². The predicted octanol–water partition coefficient (Wildman–Crippen LogP) is 5.79. The molecule has 0 saturated carbocycles. The number of fused-ring (bicyclic) bond motifs is 3. The highest BCUT2D eigenvalue weighted by Gasteiger charge is 2.45. The van der Waals surface area contributed by atoms with Gasteiger partial charge in [-0.15, -0.1) is 0 Å². The largest absolute Gasteiger partial charge is 0.461 e. The van der Waals surface area contributed by atoms with Crippen LogP contribution in [0.1, 0.15) is 55.0 Å². The zero-order chi connectivity index (χ0) is 31.1. The van der Waals surface area contributed by atoms with Gasteiger partial charge in [0.2, 0.25) is 0 Å². The number of hydrogen-bond donors (Lipinski definition) is 0. The standard InChI is InChI=1S/C34H36Cl2N6O3/c1-22(35)32(43)42-17-16-40(19-24(42)10-13-37)31-26-20-44-29(25-8-2-6-23-7-3-9-27(36)30(23)25)18-28(26)38-33(39-31)45-21-34-11-4-14-41(34)15-5-12-34/h2-3,6-9,24,29H,1,4-5,10-12,14-21H2/t24-,29?/m0/s1. The molecule has 2 atom stereocenters. The number of nitriles is 1. The van der Waals surface area contributed by atoms with Crippen LogP contribution in [0, 0.1) is 11.3 Å². The fourth-order valence-corrected chi connectivity index (χ4v) is 8.16. The van der Waals surface area contributed by atoms with Crippen LogP contribution in [0.3, 0.4) is 0 Å². The van der Waals surface area contributed by atoms with Gasteiger partial charge in [0, 0.05) is 42.0 Å². The van der Waals surface area contributed by atoms with Gasteiger partial charge in [-0.1, -0.05) is 60.1 Å². The molecule has 45 heavy (non-hydrogen) atoms. The van der Waals surface area contributed by atoms with Gasteiger partial charge in [-0.25, -0.2) is 0 Å². The van der Waals surface area contributed by atoms with Crippen LogP contribution in [0.25, 0.3) is 10.8 Å². The van der Waals surface area contributed by atoms with Crippen molar-refractivity contribution < 1.29 is 14.3 Å². The number of hydrogen-bond acceptors (Lipinski definition) is 8. The number of benzene rings is 2. The first-order valence-corrected chi connectivity index (χ1v) is 16.5. The van der Waals surface area contributed by atoms with Gasteiger partial charge in [0.05, 0.1) is 47.5 Å². The number of piperazine rings is 1. The molecule has 3 aromatic rings. The maximum absolute atomic E-state index is 12.8. The van der Waals surface area contributed by atoms with Crippen molar-refractivity contribution in [2.45, 2.75) is 62.8 Å². The van der Waals surface area contributed by atoms with Crippen molar-refractivity contribution in [2.75, 3.05) is 44.2 Å². The zero-order valence-corrected chi connectivity index (χ0v) is 26.7. The Morgan fingerprint density at radius 2 is 1.91 bits per heavy atom. The van der Waals surface area contributed by atoms with E-state index >= 15 is 0 Å². The average Bonchev–Trinajstić information content (AvgIpc) is 3.63. The Labute approximate surface area is 273 Å². The number of halogens is 2. The molecule has 7 rings (SSSR count). The van der Waals surface area contributed by atoms with Crippen LogP contribution in [0.5, 0.6) is 6.01 Å². The number of aromatic nitrogens is 2. The minimum atomic E-state index is -0.360. The quantitative estimate of drug-likeness (QED) is 0.298. The summed E-state index contributed by atoms with van der Waals surface area (Å²) in [6.07, 6.45) is 5.08. The van der Waals surface area contributed by atoms with Crippen molar-refractivity contribution in [2.24, 2.45) is 0 Å². The molecule has 234 valence electrons. The Hall–Kier alpha value is -3.42. The van der Waals surface area contributed by atoms with E-state index in [1.54, 1.807) is 4.90 Å². The fraction of sp³-hybridized carbons (Fsp3) is 0.471. The number of carbonyl (C=O) groups excluding carboxylic acids is 1. The topological polar surface area (TPSA) is 94.8 Å². The first kappa shape index (κ1) is 30.2. The Bertz CT molecular complexity index is 1680. The Balaban J connectivity index is 1.23. The summed E-state index contributed by atoms with van der Waals surface area (Å²) < 4.78 is 13.0. The van der Waals surface area contributed by atoms with Gasteiger partial charge >= 0.3 is 6.01 Å². The number of amides is 1. The van der Waals surface area contributed by atoms with E-state index in [0.717, 1.165) is 59.3 Å². The summed E-state index contributed by atoms with van der Waals surface area (Å²) in [7, 11) is 0. The molecule has 0 bridgehead atoms. The molecule has 1 amide bonds. The van der Waals surface area contributed by atoms with Crippen LogP contribution in [0.4, 0.5) is 5.82 Å². The van der Waals surface area contributed by atoms with Gasteiger partial charge in [0.1, 0.15) is 12.4 Å². The lowest BCUT2D eigenvalue weighted by atomic mass is 9.94. The van der Waals surface area contributed by atoms with E-state index < -0.39 is 0 Å². The molecule has 1 aromatic heterocycles. The molecule has 1 unspecified atom stereocenters. The molecule has 5 heterocycles. The van der Waals surface area contributed by atoms with Gasteiger partial charge in [-0.3, -0.25) is 9.69 Å². The third kappa shape index (κ3) is 5.63. The second kappa shape index (κ2) is 12.4. The molecular formula is C34H36Cl2N6O3. The van der Waals surface area contributed by atoms with Gasteiger partial charge in [-0.2, -0.15) is 15.2 Å². The maximum atomic E-state index is 12.8. The highest BCUT2D eigenvalue weighted by atomic mass is 35.5. The molecule has 0 aliphatic carbocycles. The number of rotatable bonds is 7. The summed E-state index contributed by atoms with van der Waals surface area (Å²) in [6, 6.07) is 14.3. The molecule has 3 fully saturated rings. The lowest BCUT2D eigenvalue weighted by molar-refractivity contribution is -0.129. The molecule has 4 aliphatic heterocycles. The monoisotopic (exact) mass is 646 g/mol. The highest BCUT2D eigenvalue weighted by molar-refractivity contribution is 6.41. The minimum absolute atomic E-state index is 0.0540. The van der Waals surface area contributed by atoms with E-state index in [-0.39, 0.29) is 35.0 Å². The van der Waals surface area contributed by atoms with Crippen molar-refractivity contribution in [3.05, 3.63) is 69.9 Å². The van der Waals surface area contributed by atoms with Crippen LogP contribution < -0.4 is 9.64 Å². The SMILES string of the molecule is C=C(Cl)C(=O)N1CCN(c2nc(OCC34CCCN3CCC4)nc3c2COC(c2cccc4cccc(Cl)c24)C3)C[C@@H]1CC#N. The third-order valence-corrected chi connectivity index (χ3v) is 10.5. The van der Waals surface area contributed by atoms with Crippen molar-refractivity contribution >= 4 is 45.7 Å². The molecule has 4 aliphatic rings. The lowest BCUT2D eigenvalue weighted by Gasteiger charge is -2.42. The van der Waals surface area contributed by atoms with Gasteiger partial charge in [-0.05, 0) is 55.8 Å². The molecule has 11 heteroatoms. The smallest absolute Gasteiger partial charge is 0.318 e. The van der Waals surface area contributed by atoms with Crippen LogP contribution in [0.15, 0.2) is 48.0 Å². The van der Waals surface area contributed by atoms with Crippen molar-refractivity contribution in [3.8, 4) is 12.1 Å². The highest BCUT2D eigenvalue weighted by Crippen LogP contribution is 2.41. The fourth-order valence-electron chi connectivity index (χ4n) is 7.76. The summed E-state index contributed by atoms with van der Waals surface area (Å²) in [5, 5.41) is 12.3. The van der Waals surface area contributed by atoms with Crippen molar-refractivity contribution in [1.82, 2.24) is 19.8 Å². The molecular weight excluding hydrogens is 611 g/mol. The number of nitrogens with zero attached hydrogens (tertiary/aromatic N) is 6. The Kier molecular flexibility index (Phi) is 8.34. The number of ether oxygens (including phenoxy) is 2. The first-order valence-electron chi connectivity index (χ1n) is 15.7. The van der Waals surface area contributed by atoms with Gasteiger partial charge < -0.3 is 19.3 Å². The van der Waals surface area contributed by atoms with Gasteiger partial charge in [0.15, 0.2) is 0 Å². The summed E-state index contributed by atoms with van der Waals surface area (Å²) in [5.41, 5.74) is 2.87. The molecule has 0 N–H and O–H groups in total. The molecule has 9 nitrogen and oxygen atoms in total. The third-order valence-electron chi connectivity index (χ3n) is 9.97. The van der Waals surface area contributed by atoms with Crippen LogP contribution in [0.2, 0.25) is 5.02 Å². The van der Waals surface area contributed by atoms with E-state index in [2.05, 4.69) is 40.6 Å². The summed E-state index contributed by atoms with van der Waals surface area (Å²) in [4.78, 5) is 29.1. The van der Waals surface area contributed by atoms with Crippen LogP contribution in [-0.2, 0) is 22.6 Å². The summed E-state index contributed by atoms with van der Waals surface area (Å²) >= 11 is 12.7. The van der Waals surface area contributed by atoms with Crippen molar-refractivity contribution in [1.29, 1.82) is 5.26 Å². The lowest BCUT2D eigenvalue weighted by Crippen LogP contribution is -2.55. The second-order valence-corrected chi connectivity index (χ2v) is 13.4. The average molecular weight is 648 g/mol. The summed E-state index contributed by atoms with van der Waals surface area (Å²) in [6.45, 7) is 8.05. The predicted molar refractivity (Wildman–Crippen MR) is 173 cm³/mol. The van der Waals surface area contributed by atoms with E-state index in [1.165, 1.54) is 12.8 Å². The maximum Gasteiger partial charge on any atom is 0.318 e. The normalized spacial score (nSPS) is 22.6. The van der Waals surface area contributed by atoms with E-state index in [1.807, 2.05) is 18.2 Å². The number of carbonyl (C=O) groups is 1.